The molecule has 1 aliphatic rings. The minimum Gasteiger partial charge on any atom is -0.494 e. The number of likely N-dealkylation sites (tertiary alicyclic amines) is 1. The molecule has 6 heteroatoms. The maximum Gasteiger partial charge on any atom is 0.203 e. The molecular formula is C25H30N4OS. The monoisotopic (exact) mass is 434 g/mol. The molecule has 0 atom stereocenters. The Hall–Kier alpha value is -2.70. The first-order valence-electron chi connectivity index (χ1n) is 11.1. The second kappa shape index (κ2) is 11.6. The lowest BCUT2D eigenvalue weighted by Crippen LogP contribution is -2.30. The van der Waals surface area contributed by atoms with Crippen molar-refractivity contribution in [3.8, 4) is 17.0 Å². The largest absolute Gasteiger partial charge is 0.494 e. The van der Waals surface area contributed by atoms with Crippen LogP contribution in [0.2, 0.25) is 0 Å². The Bertz CT molecular complexity index is 934. The van der Waals surface area contributed by atoms with Gasteiger partial charge in [-0.15, -0.1) is 11.3 Å². The molecule has 2 aromatic carbocycles. The van der Waals surface area contributed by atoms with E-state index in [-0.39, 0.29) is 0 Å². The Labute approximate surface area is 188 Å². The van der Waals surface area contributed by atoms with E-state index in [1.165, 1.54) is 45.3 Å². The summed E-state index contributed by atoms with van der Waals surface area (Å²) in [5.74, 6) is 0.913. The Morgan fingerprint density at radius 3 is 2.61 bits per heavy atom. The number of hydrogen-bond donors (Lipinski definition) is 1. The fraction of sp³-hybridized carbons (Fsp3) is 0.360. The van der Waals surface area contributed by atoms with Gasteiger partial charge in [-0.05, 0) is 75.1 Å². The molecule has 0 bridgehead atoms. The van der Waals surface area contributed by atoms with Gasteiger partial charge in [-0.25, -0.2) is 4.98 Å². The summed E-state index contributed by atoms with van der Waals surface area (Å²) < 4.78 is 5.88. The lowest BCUT2D eigenvalue weighted by molar-refractivity contribution is 0.216. The first-order chi connectivity index (χ1) is 15.4. The van der Waals surface area contributed by atoms with Crippen LogP contribution in [0, 0.1) is 0 Å². The number of nitrogens with zero attached hydrogens (tertiary/aromatic N) is 3. The van der Waals surface area contributed by atoms with Crippen LogP contribution in [0.25, 0.3) is 11.3 Å². The first kappa shape index (κ1) is 21.5. The van der Waals surface area contributed by atoms with Gasteiger partial charge >= 0.3 is 0 Å². The van der Waals surface area contributed by atoms with Crippen LogP contribution in [0.1, 0.15) is 37.7 Å². The number of ether oxygens (including phenoxy) is 1. The topological polar surface area (TPSA) is 49.8 Å². The molecule has 3 aromatic rings. The Kier molecular flexibility index (Phi) is 8.07. The highest BCUT2D eigenvalue weighted by atomic mass is 32.1. The van der Waals surface area contributed by atoms with Crippen molar-refractivity contribution in [2.24, 2.45) is 5.10 Å². The van der Waals surface area contributed by atoms with Gasteiger partial charge in [-0.3, -0.25) is 5.43 Å². The van der Waals surface area contributed by atoms with Crippen molar-refractivity contribution in [2.45, 2.75) is 32.1 Å². The van der Waals surface area contributed by atoms with Crippen LogP contribution in [0.3, 0.4) is 0 Å². The second-order valence-electron chi connectivity index (χ2n) is 7.80. The molecule has 1 aliphatic heterocycles. The van der Waals surface area contributed by atoms with Crippen molar-refractivity contribution in [3.63, 3.8) is 0 Å². The highest BCUT2D eigenvalue weighted by Crippen LogP contribution is 2.24. The number of rotatable bonds is 10. The standard InChI is InChI=1S/C25H30N4OS/c1-3-9-22(10-4-1)24-20-31-25(27-24)28-26-19-21-11-13-23(14-12-21)30-18-8-7-17-29-15-5-2-6-16-29/h1,3-4,9-14,19-20H,2,5-8,15-18H2,(H,27,28). The van der Waals surface area contributed by atoms with E-state index in [4.69, 9.17) is 4.74 Å². The summed E-state index contributed by atoms with van der Waals surface area (Å²) in [4.78, 5) is 7.16. The van der Waals surface area contributed by atoms with Crippen LogP contribution >= 0.6 is 11.3 Å². The zero-order valence-corrected chi connectivity index (χ0v) is 18.7. The molecular weight excluding hydrogens is 404 g/mol. The van der Waals surface area contributed by atoms with Gasteiger partial charge in [0.15, 0.2) is 0 Å². The van der Waals surface area contributed by atoms with Crippen LogP contribution in [-0.2, 0) is 0 Å². The Morgan fingerprint density at radius 1 is 1.00 bits per heavy atom. The third kappa shape index (κ3) is 6.91. The molecule has 0 aliphatic carbocycles. The molecule has 1 fully saturated rings. The van der Waals surface area contributed by atoms with Gasteiger partial charge in [0.2, 0.25) is 5.13 Å². The van der Waals surface area contributed by atoms with E-state index in [1.54, 1.807) is 17.6 Å². The highest BCUT2D eigenvalue weighted by Gasteiger charge is 2.08. The number of piperidine rings is 1. The fourth-order valence-electron chi connectivity index (χ4n) is 3.69. The summed E-state index contributed by atoms with van der Waals surface area (Å²) in [6.45, 7) is 4.53. The molecule has 1 saturated heterocycles. The van der Waals surface area contributed by atoms with E-state index >= 15 is 0 Å². The lowest BCUT2D eigenvalue weighted by atomic mass is 10.1. The molecule has 0 radical (unpaired) electrons. The van der Waals surface area contributed by atoms with Gasteiger partial charge in [-0.1, -0.05) is 36.8 Å². The minimum absolute atomic E-state index is 0.774. The summed E-state index contributed by atoms with van der Waals surface area (Å²) in [6.07, 6.45) is 8.23. The fourth-order valence-corrected chi connectivity index (χ4v) is 4.36. The van der Waals surface area contributed by atoms with Crippen LogP contribution in [-0.4, -0.2) is 42.3 Å². The molecule has 4 rings (SSSR count). The normalized spacial score (nSPS) is 14.7. The number of unbranched alkanes of at least 4 members (excludes halogenated alkanes) is 1. The summed E-state index contributed by atoms with van der Waals surface area (Å²) in [5.41, 5.74) is 6.10. The van der Waals surface area contributed by atoms with E-state index in [0.717, 1.165) is 40.7 Å². The number of benzene rings is 2. The van der Waals surface area contributed by atoms with Gasteiger partial charge in [-0.2, -0.15) is 5.10 Å². The molecule has 1 N–H and O–H groups in total. The number of aromatic nitrogens is 1. The third-order valence-corrected chi connectivity index (χ3v) is 6.16. The lowest BCUT2D eigenvalue weighted by Gasteiger charge is -2.26. The van der Waals surface area contributed by atoms with Gasteiger partial charge in [0.05, 0.1) is 18.5 Å². The van der Waals surface area contributed by atoms with Crippen molar-refractivity contribution in [2.75, 3.05) is 31.7 Å². The number of anilines is 1. The maximum atomic E-state index is 5.88. The first-order valence-corrected chi connectivity index (χ1v) is 12.0. The van der Waals surface area contributed by atoms with Crippen molar-refractivity contribution < 1.29 is 4.74 Å². The van der Waals surface area contributed by atoms with E-state index in [0.29, 0.717) is 0 Å². The maximum absolute atomic E-state index is 5.88. The Balaban J connectivity index is 1.16. The van der Waals surface area contributed by atoms with Crippen molar-refractivity contribution in [3.05, 3.63) is 65.5 Å². The molecule has 5 nitrogen and oxygen atoms in total. The van der Waals surface area contributed by atoms with Crippen LogP contribution in [0.4, 0.5) is 5.13 Å². The average Bonchev–Trinajstić information content (AvgIpc) is 3.30. The summed E-state index contributed by atoms with van der Waals surface area (Å²) in [7, 11) is 0. The van der Waals surface area contributed by atoms with Crippen LogP contribution in [0.5, 0.6) is 5.75 Å². The summed E-state index contributed by atoms with van der Waals surface area (Å²) in [5, 5.41) is 7.12. The summed E-state index contributed by atoms with van der Waals surface area (Å²) in [6, 6.07) is 18.2. The van der Waals surface area contributed by atoms with Crippen molar-refractivity contribution in [1.29, 1.82) is 0 Å². The zero-order chi connectivity index (χ0) is 21.1. The van der Waals surface area contributed by atoms with E-state index in [2.05, 4.69) is 32.5 Å². The third-order valence-electron chi connectivity index (χ3n) is 5.41. The number of hydrogen-bond acceptors (Lipinski definition) is 6. The van der Waals surface area contributed by atoms with Gasteiger partial charge in [0.25, 0.3) is 0 Å². The quantitative estimate of drug-likeness (QED) is 0.245. The molecule has 31 heavy (non-hydrogen) atoms. The van der Waals surface area contributed by atoms with Gasteiger partial charge in [0, 0.05) is 10.9 Å². The highest BCUT2D eigenvalue weighted by molar-refractivity contribution is 7.14. The van der Waals surface area contributed by atoms with E-state index in [1.807, 2.05) is 47.8 Å². The average molecular weight is 435 g/mol. The molecule has 162 valence electrons. The van der Waals surface area contributed by atoms with Crippen molar-refractivity contribution >= 4 is 22.7 Å². The molecule has 0 unspecified atom stereocenters. The predicted octanol–water partition coefficient (Wildman–Crippen LogP) is 5.90. The van der Waals surface area contributed by atoms with Crippen molar-refractivity contribution in [1.82, 2.24) is 9.88 Å². The van der Waals surface area contributed by atoms with Crippen LogP contribution in [0.15, 0.2) is 65.1 Å². The zero-order valence-electron chi connectivity index (χ0n) is 17.9. The summed E-state index contributed by atoms with van der Waals surface area (Å²) >= 11 is 1.54. The van der Waals surface area contributed by atoms with Gasteiger partial charge < -0.3 is 9.64 Å². The number of thiazole rings is 1. The smallest absolute Gasteiger partial charge is 0.203 e. The molecule has 2 heterocycles. The van der Waals surface area contributed by atoms with E-state index in [9.17, 15) is 0 Å². The molecule has 0 saturated carbocycles. The van der Waals surface area contributed by atoms with Gasteiger partial charge in [0.1, 0.15) is 5.75 Å². The molecule has 1 aromatic heterocycles. The number of nitrogens with one attached hydrogen (secondary N) is 1. The SMILES string of the molecule is C(=NNc1nc(-c2ccccc2)cs1)c1ccc(OCCCCN2CCCCC2)cc1. The minimum atomic E-state index is 0.774. The number of hydrazone groups is 1. The second-order valence-corrected chi connectivity index (χ2v) is 8.66. The van der Waals surface area contributed by atoms with Crippen LogP contribution < -0.4 is 10.2 Å². The Morgan fingerprint density at radius 2 is 1.81 bits per heavy atom. The predicted molar refractivity (Wildman–Crippen MR) is 130 cm³/mol. The van der Waals surface area contributed by atoms with E-state index < -0.39 is 0 Å². The molecule has 0 amide bonds. The molecule has 0 spiro atoms.